The van der Waals surface area contributed by atoms with Gasteiger partial charge in [0.1, 0.15) is 5.82 Å². The molecule has 142 valence electrons. The second-order valence-corrected chi connectivity index (χ2v) is 7.38. The fourth-order valence-corrected chi connectivity index (χ4v) is 3.51. The van der Waals surface area contributed by atoms with E-state index in [0.717, 1.165) is 5.56 Å². The van der Waals surface area contributed by atoms with Gasteiger partial charge in [0.15, 0.2) is 0 Å². The smallest absolute Gasteiger partial charge is 0.227 e. The van der Waals surface area contributed by atoms with Crippen LogP contribution in [0.5, 0.6) is 0 Å². The Labute approximate surface area is 163 Å². The van der Waals surface area contributed by atoms with Crippen molar-refractivity contribution >= 4 is 34.8 Å². The zero-order valence-electron chi connectivity index (χ0n) is 15.1. The zero-order valence-corrected chi connectivity index (χ0v) is 15.9. The first kappa shape index (κ1) is 19.4. The minimum absolute atomic E-state index is 0.0529. The largest absolute Gasteiger partial charge is 0.326 e. The molecule has 0 aromatic heterocycles. The summed E-state index contributed by atoms with van der Waals surface area (Å²) in [6.07, 6.45) is 2.46. The van der Waals surface area contributed by atoms with E-state index in [1.165, 1.54) is 6.07 Å². The van der Waals surface area contributed by atoms with Crippen molar-refractivity contribution in [3.63, 3.8) is 0 Å². The fraction of sp³-hybridized carbons (Fsp3) is 0.333. The van der Waals surface area contributed by atoms with Gasteiger partial charge in [-0.3, -0.25) is 9.59 Å². The number of rotatable bonds is 4. The van der Waals surface area contributed by atoms with Crippen molar-refractivity contribution in [3.05, 3.63) is 58.9 Å². The minimum Gasteiger partial charge on any atom is -0.326 e. The number of aryl methyl sites for hydroxylation is 1. The van der Waals surface area contributed by atoms with Gasteiger partial charge in [0, 0.05) is 22.5 Å². The van der Waals surface area contributed by atoms with E-state index in [0.29, 0.717) is 36.4 Å². The molecule has 2 amide bonds. The van der Waals surface area contributed by atoms with Gasteiger partial charge >= 0.3 is 0 Å². The molecule has 0 heterocycles. The molecule has 0 spiro atoms. The van der Waals surface area contributed by atoms with Crippen LogP contribution in [-0.2, 0) is 9.59 Å². The molecule has 1 fully saturated rings. The molecule has 0 bridgehead atoms. The number of para-hydroxylation sites is 1. The molecule has 2 aromatic carbocycles. The van der Waals surface area contributed by atoms with Gasteiger partial charge in [0.2, 0.25) is 11.8 Å². The first-order valence-corrected chi connectivity index (χ1v) is 9.44. The van der Waals surface area contributed by atoms with Gasteiger partial charge in [-0.1, -0.05) is 29.8 Å². The van der Waals surface area contributed by atoms with Crippen molar-refractivity contribution in [1.29, 1.82) is 0 Å². The number of carbonyl (C=O) groups is 2. The number of halogens is 2. The number of benzene rings is 2. The lowest BCUT2D eigenvalue weighted by molar-refractivity contribution is -0.125. The van der Waals surface area contributed by atoms with Gasteiger partial charge in [-0.05, 0) is 62.4 Å². The van der Waals surface area contributed by atoms with Crippen LogP contribution in [0.4, 0.5) is 15.8 Å². The lowest BCUT2D eigenvalue weighted by Crippen LogP contribution is -2.32. The van der Waals surface area contributed by atoms with Crippen LogP contribution >= 0.6 is 11.6 Å². The average molecular weight is 389 g/mol. The van der Waals surface area contributed by atoms with Crippen LogP contribution in [0.25, 0.3) is 0 Å². The van der Waals surface area contributed by atoms with Gasteiger partial charge in [-0.2, -0.15) is 0 Å². The predicted octanol–water partition coefficient (Wildman–Crippen LogP) is 5.17. The summed E-state index contributed by atoms with van der Waals surface area (Å²) >= 11 is 6.09. The number of carbonyl (C=O) groups excluding carboxylic acids is 2. The molecule has 0 saturated heterocycles. The summed E-state index contributed by atoms with van der Waals surface area (Å²) in [5.74, 6) is -1.03. The van der Waals surface area contributed by atoms with E-state index in [1.807, 2.05) is 19.1 Å². The van der Waals surface area contributed by atoms with Crippen molar-refractivity contribution in [2.45, 2.75) is 32.6 Å². The highest BCUT2D eigenvalue weighted by Gasteiger charge is 2.30. The van der Waals surface area contributed by atoms with Crippen LogP contribution < -0.4 is 10.6 Å². The van der Waals surface area contributed by atoms with Crippen molar-refractivity contribution in [2.24, 2.45) is 11.8 Å². The predicted molar refractivity (Wildman–Crippen MR) is 105 cm³/mol. The van der Waals surface area contributed by atoms with E-state index >= 15 is 0 Å². The third-order valence-electron chi connectivity index (χ3n) is 5.04. The Kier molecular flexibility index (Phi) is 6.11. The second-order valence-electron chi connectivity index (χ2n) is 6.97. The SMILES string of the molecule is Cc1ccc(NC(=O)C2CCC(C(=O)Nc3ccccc3F)CC2)cc1Cl. The third kappa shape index (κ3) is 4.86. The normalized spacial score (nSPS) is 19.4. The van der Waals surface area contributed by atoms with Crippen LogP contribution in [-0.4, -0.2) is 11.8 Å². The highest BCUT2D eigenvalue weighted by molar-refractivity contribution is 6.31. The second kappa shape index (κ2) is 8.53. The highest BCUT2D eigenvalue weighted by Crippen LogP contribution is 2.31. The van der Waals surface area contributed by atoms with Crippen molar-refractivity contribution in [2.75, 3.05) is 10.6 Å². The first-order chi connectivity index (χ1) is 12.9. The molecule has 0 atom stereocenters. The van der Waals surface area contributed by atoms with Gasteiger partial charge < -0.3 is 10.6 Å². The summed E-state index contributed by atoms with van der Waals surface area (Å²) in [5.41, 5.74) is 1.82. The number of hydrogen-bond acceptors (Lipinski definition) is 2. The molecule has 2 N–H and O–H groups in total. The molecule has 0 aliphatic heterocycles. The van der Waals surface area contributed by atoms with E-state index < -0.39 is 5.82 Å². The van der Waals surface area contributed by atoms with Crippen LogP contribution in [0.1, 0.15) is 31.2 Å². The van der Waals surface area contributed by atoms with Gasteiger partial charge in [-0.25, -0.2) is 4.39 Å². The molecule has 1 aliphatic rings. The van der Waals surface area contributed by atoms with Crippen molar-refractivity contribution in [1.82, 2.24) is 0 Å². The molecular formula is C21H22ClFN2O2. The number of hydrogen-bond donors (Lipinski definition) is 2. The molecule has 0 unspecified atom stereocenters. The molecule has 6 heteroatoms. The standard InChI is InChI=1S/C21H22ClFN2O2/c1-13-6-11-16(12-17(13)22)24-20(26)14-7-9-15(10-8-14)21(27)25-19-5-3-2-4-18(19)23/h2-6,11-12,14-15H,7-10H2,1H3,(H,24,26)(H,25,27). The summed E-state index contributed by atoms with van der Waals surface area (Å²) in [7, 11) is 0. The highest BCUT2D eigenvalue weighted by atomic mass is 35.5. The van der Waals surface area contributed by atoms with E-state index in [2.05, 4.69) is 10.6 Å². The van der Waals surface area contributed by atoms with E-state index in [4.69, 9.17) is 11.6 Å². The Bertz CT molecular complexity index is 848. The number of amides is 2. The molecule has 0 radical (unpaired) electrons. The summed E-state index contributed by atoms with van der Waals surface area (Å²) < 4.78 is 13.7. The maximum Gasteiger partial charge on any atom is 0.227 e. The van der Waals surface area contributed by atoms with Crippen molar-refractivity contribution < 1.29 is 14.0 Å². The van der Waals surface area contributed by atoms with Crippen molar-refractivity contribution in [3.8, 4) is 0 Å². The molecule has 2 aromatic rings. The Morgan fingerprint density at radius 3 is 2.15 bits per heavy atom. The fourth-order valence-electron chi connectivity index (χ4n) is 3.33. The van der Waals surface area contributed by atoms with Gasteiger partial charge in [0.05, 0.1) is 5.69 Å². The van der Waals surface area contributed by atoms with Crippen LogP contribution in [0.3, 0.4) is 0 Å². The quantitative estimate of drug-likeness (QED) is 0.758. The first-order valence-electron chi connectivity index (χ1n) is 9.06. The Hall–Kier alpha value is -2.40. The summed E-state index contributed by atoms with van der Waals surface area (Å²) in [5, 5.41) is 6.16. The summed E-state index contributed by atoms with van der Waals surface area (Å²) in [6, 6.07) is 11.5. The Morgan fingerprint density at radius 1 is 0.963 bits per heavy atom. The van der Waals surface area contributed by atoms with Gasteiger partial charge in [-0.15, -0.1) is 0 Å². The molecular weight excluding hydrogens is 367 g/mol. The summed E-state index contributed by atoms with van der Waals surface area (Å²) in [4.78, 5) is 24.8. The Balaban J connectivity index is 1.52. The molecule has 1 aliphatic carbocycles. The maximum absolute atomic E-state index is 13.7. The molecule has 4 nitrogen and oxygen atoms in total. The maximum atomic E-state index is 13.7. The third-order valence-corrected chi connectivity index (χ3v) is 5.45. The monoisotopic (exact) mass is 388 g/mol. The Morgan fingerprint density at radius 2 is 1.56 bits per heavy atom. The average Bonchev–Trinajstić information content (AvgIpc) is 2.66. The van der Waals surface area contributed by atoms with E-state index in [9.17, 15) is 14.0 Å². The molecule has 1 saturated carbocycles. The lowest BCUT2D eigenvalue weighted by Gasteiger charge is -2.27. The van der Waals surface area contributed by atoms with Crippen LogP contribution in [0, 0.1) is 24.6 Å². The molecule has 27 heavy (non-hydrogen) atoms. The number of nitrogens with one attached hydrogen (secondary N) is 2. The zero-order chi connectivity index (χ0) is 19.4. The lowest BCUT2D eigenvalue weighted by atomic mass is 9.81. The number of anilines is 2. The molecule has 3 rings (SSSR count). The summed E-state index contributed by atoms with van der Waals surface area (Å²) in [6.45, 7) is 1.90. The van der Waals surface area contributed by atoms with Crippen LogP contribution in [0.2, 0.25) is 5.02 Å². The topological polar surface area (TPSA) is 58.2 Å². The minimum atomic E-state index is -0.448. The van der Waals surface area contributed by atoms with E-state index in [-0.39, 0.29) is 29.3 Å². The van der Waals surface area contributed by atoms with E-state index in [1.54, 1.807) is 24.3 Å². The van der Waals surface area contributed by atoms with Gasteiger partial charge in [0.25, 0.3) is 0 Å². The van der Waals surface area contributed by atoms with Crippen LogP contribution in [0.15, 0.2) is 42.5 Å².